The fourth-order valence-corrected chi connectivity index (χ4v) is 2.94. The lowest BCUT2D eigenvalue weighted by Gasteiger charge is -2.21. The van der Waals surface area contributed by atoms with Crippen LogP contribution in [0, 0.1) is 0 Å². The third-order valence-corrected chi connectivity index (χ3v) is 4.30. The lowest BCUT2D eigenvalue weighted by molar-refractivity contribution is -0.355. The van der Waals surface area contributed by atoms with Gasteiger partial charge < -0.3 is 25.8 Å². The van der Waals surface area contributed by atoms with Gasteiger partial charge in [0.05, 0.1) is 6.20 Å². The van der Waals surface area contributed by atoms with Crippen LogP contribution in [0.2, 0.25) is 0 Å². The highest BCUT2D eigenvalue weighted by molar-refractivity contribution is 5.83. The number of hydrogen-bond acceptors (Lipinski definition) is 7. The average Bonchev–Trinajstić information content (AvgIpc) is 3.21. The number of nitrogens with zero attached hydrogens (tertiary/aromatic N) is 3. The monoisotopic (exact) mass is 308 g/mol. The van der Waals surface area contributed by atoms with Gasteiger partial charge in [0.15, 0.2) is 0 Å². The van der Waals surface area contributed by atoms with Crippen LogP contribution in [0.15, 0.2) is 18.6 Å². The van der Waals surface area contributed by atoms with E-state index in [2.05, 4.69) is 9.97 Å². The van der Waals surface area contributed by atoms with Gasteiger partial charge in [0.2, 0.25) is 24.0 Å². The van der Waals surface area contributed by atoms with Crippen molar-refractivity contribution in [2.24, 2.45) is 0 Å². The summed E-state index contributed by atoms with van der Waals surface area (Å²) in [7, 11) is 0. The van der Waals surface area contributed by atoms with Crippen molar-refractivity contribution in [1.82, 2.24) is 14.5 Å². The summed E-state index contributed by atoms with van der Waals surface area (Å²) in [6, 6.07) is 1.75. The molecule has 9 nitrogen and oxygen atoms in total. The molecule has 4 heterocycles. The number of aromatic nitrogens is 3. The van der Waals surface area contributed by atoms with E-state index in [0.29, 0.717) is 16.9 Å². The van der Waals surface area contributed by atoms with Gasteiger partial charge in [-0.15, -0.1) is 0 Å². The van der Waals surface area contributed by atoms with Gasteiger partial charge in [-0.3, -0.25) is 4.90 Å². The molecule has 2 saturated heterocycles. The molecule has 2 aliphatic rings. The quantitative estimate of drug-likeness (QED) is 0.468. The van der Waals surface area contributed by atoms with Crippen LogP contribution in [-0.4, -0.2) is 67.4 Å². The Balaban J connectivity index is 1.68. The molecule has 2 aliphatic heterocycles. The second kappa shape index (κ2) is 4.86. The van der Waals surface area contributed by atoms with Gasteiger partial charge in [0.25, 0.3) is 0 Å². The van der Waals surface area contributed by atoms with Gasteiger partial charge in [-0.25, -0.2) is 9.55 Å². The zero-order valence-electron chi connectivity index (χ0n) is 11.7. The van der Waals surface area contributed by atoms with Crippen LogP contribution in [0.5, 0.6) is 0 Å². The van der Waals surface area contributed by atoms with Crippen molar-refractivity contribution in [2.45, 2.75) is 30.8 Å². The lowest BCUT2D eigenvalue weighted by atomic mass is 10.1. The van der Waals surface area contributed by atoms with Crippen molar-refractivity contribution in [3.63, 3.8) is 0 Å². The molecule has 0 radical (unpaired) electrons. The van der Waals surface area contributed by atoms with E-state index in [-0.39, 0.29) is 0 Å². The second-order valence-corrected chi connectivity index (χ2v) is 5.70. The summed E-state index contributed by atoms with van der Waals surface area (Å²) in [5.74, 6) is 0.362. The summed E-state index contributed by atoms with van der Waals surface area (Å²) < 4.78 is 7.38. The number of H-pyrrole nitrogens is 1. The van der Waals surface area contributed by atoms with E-state index in [1.165, 1.54) is 6.33 Å². The highest BCUT2D eigenvalue weighted by atomic mass is 16.6. The largest absolute Gasteiger partial charge is 0.387 e. The molecule has 4 rings (SSSR count). The first kappa shape index (κ1) is 13.9. The second-order valence-electron chi connectivity index (χ2n) is 5.70. The molecule has 0 aliphatic carbocycles. The van der Waals surface area contributed by atoms with Crippen molar-refractivity contribution < 1.29 is 25.0 Å². The number of anilines is 1. The van der Waals surface area contributed by atoms with Gasteiger partial charge in [-0.2, -0.15) is 0 Å². The van der Waals surface area contributed by atoms with Gasteiger partial charge in [-0.1, -0.05) is 4.98 Å². The van der Waals surface area contributed by atoms with Crippen LogP contribution in [0.4, 0.5) is 5.82 Å². The maximum absolute atomic E-state index is 10.3. The molecule has 0 spiro atoms. The highest BCUT2D eigenvalue weighted by Crippen LogP contribution is 2.34. The number of aromatic amines is 1. The Bertz CT molecular complexity index is 703. The molecular weight excluding hydrogens is 290 g/mol. The van der Waals surface area contributed by atoms with Crippen LogP contribution < -0.4 is 10.7 Å². The number of aliphatic hydroxyl groups excluding tert-OH is 3. The average molecular weight is 308 g/mol. The number of nitrogen functional groups attached to an aromatic ring is 1. The predicted molar refractivity (Wildman–Crippen MR) is 74.2 cm³/mol. The summed E-state index contributed by atoms with van der Waals surface area (Å²) in [6.45, 7) is 1.52. The standard InChI is InChI=1S/C13H17N5O4/c14-10-6-1-2-18(11(6)16-5-15-10)13-8(20)7(19)9(22-13)12(21)17-3-4-17/h1-2,5,7-9,12-13,19-21H,3-4H2,(H2,14,15,16)/p+1/t7-,8+,9-,12?,13+/m0/s1. The van der Waals surface area contributed by atoms with Crippen molar-refractivity contribution in [2.75, 3.05) is 18.8 Å². The zero-order chi connectivity index (χ0) is 15.4. The first-order valence-electron chi connectivity index (χ1n) is 7.14. The molecule has 1 unspecified atom stereocenters. The van der Waals surface area contributed by atoms with Crippen LogP contribution in [0.1, 0.15) is 6.23 Å². The number of ether oxygens (including phenoxy) is 1. The normalized spacial score (nSPS) is 33.4. The molecule has 22 heavy (non-hydrogen) atoms. The topological polar surface area (TPSA) is 131 Å². The van der Waals surface area contributed by atoms with E-state index in [0.717, 1.165) is 13.1 Å². The zero-order valence-corrected chi connectivity index (χ0v) is 11.7. The molecule has 0 amide bonds. The summed E-state index contributed by atoms with van der Waals surface area (Å²) in [5.41, 5.74) is 6.44. The summed E-state index contributed by atoms with van der Waals surface area (Å²) in [6.07, 6.45) is -1.77. The molecule has 9 heteroatoms. The van der Waals surface area contributed by atoms with Crippen LogP contribution in [0.3, 0.4) is 0 Å². The molecular formula is C13H18N5O4+. The highest BCUT2D eigenvalue weighted by Gasteiger charge is 2.51. The summed E-state index contributed by atoms with van der Waals surface area (Å²) >= 11 is 0. The van der Waals surface area contributed by atoms with Crippen molar-refractivity contribution >= 4 is 16.9 Å². The molecule has 2 fully saturated rings. The van der Waals surface area contributed by atoms with Crippen molar-refractivity contribution in [3.05, 3.63) is 18.6 Å². The van der Waals surface area contributed by atoms with Gasteiger partial charge in [0.1, 0.15) is 29.9 Å². The van der Waals surface area contributed by atoms with E-state index >= 15 is 0 Å². The summed E-state index contributed by atoms with van der Waals surface area (Å²) in [5, 5.41) is 31.3. The fraction of sp³-hybridized carbons (Fsp3) is 0.538. The Labute approximate surface area is 125 Å². The van der Waals surface area contributed by atoms with Gasteiger partial charge >= 0.3 is 0 Å². The molecule has 2 aromatic heterocycles. The van der Waals surface area contributed by atoms with Crippen molar-refractivity contribution in [1.29, 1.82) is 0 Å². The maximum atomic E-state index is 10.3. The molecule has 0 saturated carbocycles. The number of rotatable bonds is 3. The van der Waals surface area contributed by atoms with Crippen LogP contribution in [0.25, 0.3) is 11.0 Å². The van der Waals surface area contributed by atoms with E-state index < -0.39 is 30.8 Å². The molecule has 118 valence electrons. The van der Waals surface area contributed by atoms with Crippen LogP contribution >= 0.6 is 0 Å². The number of nitrogens with one attached hydrogen (secondary N) is 1. The Morgan fingerprint density at radius 3 is 2.86 bits per heavy atom. The third kappa shape index (κ3) is 1.98. The Morgan fingerprint density at radius 2 is 2.14 bits per heavy atom. The summed E-state index contributed by atoms with van der Waals surface area (Å²) in [4.78, 5) is 8.68. The minimum Gasteiger partial charge on any atom is -0.387 e. The number of fused-ring (bicyclic) bond motifs is 1. The Hall–Kier alpha value is -1.78. The van der Waals surface area contributed by atoms with E-state index in [1.54, 1.807) is 21.7 Å². The van der Waals surface area contributed by atoms with E-state index in [1.807, 2.05) is 0 Å². The number of nitrogens with two attached hydrogens (primary N) is 1. The third-order valence-electron chi connectivity index (χ3n) is 4.30. The van der Waals surface area contributed by atoms with Gasteiger partial charge in [-0.05, 0) is 6.07 Å². The smallest absolute Gasteiger partial charge is 0.240 e. The predicted octanol–water partition coefficient (Wildman–Crippen LogP) is -2.31. The van der Waals surface area contributed by atoms with Crippen LogP contribution in [-0.2, 0) is 4.74 Å². The Kier molecular flexibility index (Phi) is 3.06. The first-order chi connectivity index (χ1) is 10.6. The fourth-order valence-electron chi connectivity index (χ4n) is 2.94. The van der Waals surface area contributed by atoms with Crippen molar-refractivity contribution in [3.8, 4) is 0 Å². The minimum atomic E-state index is -1.17. The molecule has 6 N–H and O–H groups in total. The SMILES string of the molecule is Nc1nc[nH+]c2c1ccn2[C@@H]1O[C@H](C(O)N2CC2)[C@@H](O)[C@H]1O. The number of aliphatic hydroxyl groups is 3. The number of hydrogen-bond donors (Lipinski definition) is 4. The van der Waals surface area contributed by atoms with E-state index in [9.17, 15) is 15.3 Å². The molecule has 5 atom stereocenters. The lowest BCUT2D eigenvalue weighted by Crippen LogP contribution is -2.42. The minimum absolute atomic E-state index is 0.362. The Morgan fingerprint density at radius 1 is 1.36 bits per heavy atom. The maximum Gasteiger partial charge on any atom is 0.240 e. The molecule has 2 aromatic rings. The first-order valence-corrected chi connectivity index (χ1v) is 7.14. The molecule has 0 aromatic carbocycles. The van der Waals surface area contributed by atoms with E-state index in [4.69, 9.17) is 10.5 Å². The molecule has 0 bridgehead atoms. The van der Waals surface area contributed by atoms with Gasteiger partial charge in [0, 0.05) is 13.1 Å².